The van der Waals surface area contributed by atoms with Crippen molar-refractivity contribution in [1.29, 1.82) is 0 Å². The minimum absolute atomic E-state index is 0.165. The summed E-state index contributed by atoms with van der Waals surface area (Å²) in [5.74, 6) is 2.57. The zero-order valence-corrected chi connectivity index (χ0v) is 44.5. The summed E-state index contributed by atoms with van der Waals surface area (Å²) < 4.78 is 114. The normalized spacial score (nSPS) is 17.8. The van der Waals surface area contributed by atoms with E-state index in [-0.39, 0.29) is 36.5 Å². The van der Waals surface area contributed by atoms with E-state index in [0.717, 1.165) is 11.1 Å². The van der Waals surface area contributed by atoms with Crippen molar-refractivity contribution in [2.24, 2.45) is 0 Å². The van der Waals surface area contributed by atoms with Crippen LogP contribution in [0.4, 0.5) is 0 Å². The number of nitrogens with zero attached hydrogens (tertiary/aromatic N) is 10. The molecule has 2 aliphatic heterocycles. The van der Waals surface area contributed by atoms with Gasteiger partial charge in [-0.3, -0.25) is 9.13 Å². The standard InChI is InChI=1S/2C24H31N5O7S/c2*1-15-11-25-23(26-12-15)22(34-5)16(2)37(30,31)14-20-27-28-24(19-13-35-9-10-36-19)29(20)21-17(32-3)7-6-8-18(21)33-4/h2*6-8,11-12,16,19,22H,9-10,13-14H2,1-5H3/t16-,19+,22-;16-,19-,22-/m00/s1. The fourth-order valence-electron chi connectivity index (χ4n) is 8.24. The molecule has 0 unspecified atom stereocenters. The number of rotatable bonds is 20. The van der Waals surface area contributed by atoms with Crippen molar-refractivity contribution in [2.45, 2.75) is 74.1 Å². The van der Waals surface area contributed by atoms with Crippen LogP contribution in [-0.4, -0.2) is 159 Å². The Kier molecular flexibility index (Phi) is 18.6. The smallest absolute Gasteiger partial charge is 0.169 e. The second-order valence-electron chi connectivity index (χ2n) is 17.1. The average Bonchev–Trinajstić information content (AvgIpc) is 4.03. The van der Waals surface area contributed by atoms with E-state index >= 15 is 0 Å². The Morgan fingerprint density at radius 3 is 1.16 bits per heavy atom. The van der Waals surface area contributed by atoms with Crippen LogP contribution in [0.15, 0.2) is 61.2 Å². The molecule has 74 heavy (non-hydrogen) atoms. The molecule has 24 nitrogen and oxygen atoms in total. The molecule has 2 saturated heterocycles. The van der Waals surface area contributed by atoms with Gasteiger partial charge in [0, 0.05) is 39.0 Å². The van der Waals surface area contributed by atoms with Crippen LogP contribution in [-0.2, 0) is 59.6 Å². The third-order valence-electron chi connectivity index (χ3n) is 12.2. The lowest BCUT2D eigenvalue weighted by atomic mass is 10.2. The highest BCUT2D eigenvalue weighted by Gasteiger charge is 2.38. The first-order valence-electron chi connectivity index (χ1n) is 23.4. The van der Waals surface area contributed by atoms with Gasteiger partial charge < -0.3 is 47.4 Å². The SMILES string of the molecule is COc1cccc(OC)c1-n1c(CS(=O)(=O)[C@@H](C)[C@H](OC)c2ncc(C)cn2)nnc1[C@@H]1COCCO1.COc1cccc(OC)c1-n1c(CS(=O)(=O)[C@@H](C)[C@H](OC)c2ncc(C)cn2)nnc1[C@H]1COCCO1. The van der Waals surface area contributed by atoms with E-state index in [9.17, 15) is 16.8 Å². The number of para-hydroxylation sites is 2. The lowest BCUT2D eigenvalue weighted by Gasteiger charge is -2.25. The number of hydrogen-bond donors (Lipinski definition) is 0. The molecule has 0 saturated carbocycles. The molecule has 6 aromatic rings. The second kappa shape index (κ2) is 24.8. The molecule has 0 amide bonds. The fourth-order valence-corrected chi connectivity index (χ4v) is 11.1. The van der Waals surface area contributed by atoms with Crippen molar-refractivity contribution < 1.29 is 64.2 Å². The van der Waals surface area contributed by atoms with Crippen LogP contribution in [0.25, 0.3) is 11.4 Å². The maximum atomic E-state index is 13.7. The van der Waals surface area contributed by atoms with Gasteiger partial charge in [0.2, 0.25) is 0 Å². The van der Waals surface area contributed by atoms with Gasteiger partial charge in [-0.2, -0.15) is 0 Å². The molecular weight excluding hydrogens is 1000 g/mol. The largest absolute Gasteiger partial charge is 0.494 e. The summed E-state index contributed by atoms with van der Waals surface area (Å²) >= 11 is 0. The predicted octanol–water partition coefficient (Wildman–Crippen LogP) is 4.32. The van der Waals surface area contributed by atoms with Gasteiger partial charge in [0.25, 0.3) is 0 Å². The zero-order chi connectivity index (χ0) is 53.2. The molecule has 2 aromatic carbocycles. The van der Waals surface area contributed by atoms with Crippen molar-refractivity contribution in [2.75, 3.05) is 82.3 Å². The molecule has 4 aromatic heterocycles. The Labute approximate surface area is 429 Å². The minimum Gasteiger partial charge on any atom is -0.494 e. The van der Waals surface area contributed by atoms with Gasteiger partial charge in [0.1, 0.15) is 70.3 Å². The summed E-state index contributed by atoms with van der Waals surface area (Å²) in [7, 11) is 1.24. The van der Waals surface area contributed by atoms with E-state index in [1.165, 1.54) is 42.7 Å². The quantitative estimate of drug-likeness (QED) is 0.103. The van der Waals surface area contributed by atoms with Crippen LogP contribution in [0, 0.1) is 13.8 Å². The summed E-state index contributed by atoms with van der Waals surface area (Å²) in [4.78, 5) is 17.1. The average molecular weight is 1070 g/mol. The minimum atomic E-state index is -3.85. The molecule has 6 atom stereocenters. The van der Waals surface area contributed by atoms with Gasteiger partial charge in [0.15, 0.2) is 54.6 Å². The summed E-state index contributed by atoms with van der Waals surface area (Å²) in [6.45, 7) is 8.99. The van der Waals surface area contributed by atoms with Crippen LogP contribution in [0.2, 0.25) is 0 Å². The number of methoxy groups -OCH3 is 6. The molecule has 0 spiro atoms. The van der Waals surface area contributed by atoms with E-state index in [1.54, 1.807) is 84.2 Å². The first-order valence-corrected chi connectivity index (χ1v) is 26.8. The molecule has 26 heteroatoms. The van der Waals surface area contributed by atoms with Crippen LogP contribution in [0.1, 0.15) is 84.3 Å². The number of sulfone groups is 2. The molecule has 2 fully saturated rings. The Morgan fingerprint density at radius 1 is 0.541 bits per heavy atom. The third kappa shape index (κ3) is 12.3. The fraction of sp³-hybridized carbons (Fsp3) is 0.500. The first-order chi connectivity index (χ1) is 35.6. The Bertz CT molecular complexity index is 2770. The van der Waals surface area contributed by atoms with Crippen molar-refractivity contribution in [3.05, 3.63) is 107 Å². The molecule has 8 rings (SSSR count). The maximum absolute atomic E-state index is 13.7. The van der Waals surface area contributed by atoms with E-state index in [2.05, 4.69) is 40.3 Å². The highest BCUT2D eigenvalue weighted by molar-refractivity contribution is 7.91. The van der Waals surface area contributed by atoms with Gasteiger partial charge in [-0.05, 0) is 63.1 Å². The molecule has 2 aliphatic rings. The van der Waals surface area contributed by atoms with Gasteiger partial charge in [-0.1, -0.05) is 12.1 Å². The Balaban J connectivity index is 0.000000216. The molecule has 400 valence electrons. The lowest BCUT2D eigenvalue weighted by molar-refractivity contribution is -0.0942. The zero-order valence-electron chi connectivity index (χ0n) is 42.9. The van der Waals surface area contributed by atoms with Crippen LogP contribution in [0.5, 0.6) is 23.0 Å². The van der Waals surface area contributed by atoms with Gasteiger partial charge in [-0.15, -0.1) is 20.4 Å². The van der Waals surface area contributed by atoms with Gasteiger partial charge >= 0.3 is 0 Å². The summed E-state index contributed by atoms with van der Waals surface area (Å²) in [5, 5.41) is 15.2. The van der Waals surface area contributed by atoms with Gasteiger partial charge in [0.05, 0.1) is 78.6 Å². The molecule has 0 N–H and O–H groups in total. The number of aromatic nitrogens is 10. The lowest BCUT2D eigenvalue weighted by Crippen LogP contribution is -2.30. The number of benzene rings is 2. The van der Waals surface area contributed by atoms with Crippen LogP contribution >= 0.6 is 0 Å². The highest BCUT2D eigenvalue weighted by Crippen LogP contribution is 2.39. The molecular formula is C48H62N10O14S2. The van der Waals surface area contributed by atoms with Crippen LogP contribution < -0.4 is 18.9 Å². The second-order valence-corrected chi connectivity index (χ2v) is 21.8. The van der Waals surface area contributed by atoms with Crippen molar-refractivity contribution in [3.8, 4) is 34.4 Å². The molecule has 0 radical (unpaired) electrons. The van der Waals surface area contributed by atoms with Crippen molar-refractivity contribution >= 4 is 19.7 Å². The van der Waals surface area contributed by atoms with E-state index in [0.29, 0.717) is 72.4 Å². The summed E-state index contributed by atoms with van der Waals surface area (Å²) in [6.07, 6.45) is 3.62. The number of aryl methyl sites for hydroxylation is 2. The molecule has 0 aliphatic carbocycles. The van der Waals surface area contributed by atoms with Gasteiger partial charge in [-0.25, -0.2) is 36.8 Å². The molecule has 6 heterocycles. The van der Waals surface area contributed by atoms with Crippen molar-refractivity contribution in [3.63, 3.8) is 0 Å². The first kappa shape index (κ1) is 55.5. The highest BCUT2D eigenvalue weighted by atomic mass is 32.2. The summed E-state index contributed by atoms with van der Waals surface area (Å²) in [5.41, 5.74) is 2.64. The van der Waals surface area contributed by atoms with Crippen LogP contribution in [0.3, 0.4) is 0 Å². The molecule has 0 bridgehead atoms. The van der Waals surface area contributed by atoms with E-state index in [1.807, 2.05) is 13.8 Å². The Morgan fingerprint density at radius 2 is 0.878 bits per heavy atom. The monoisotopic (exact) mass is 1070 g/mol. The summed E-state index contributed by atoms with van der Waals surface area (Å²) in [6, 6.07) is 10.5. The van der Waals surface area contributed by atoms with Crippen molar-refractivity contribution in [1.82, 2.24) is 49.5 Å². The number of hydrogen-bond acceptors (Lipinski definition) is 22. The predicted molar refractivity (Wildman–Crippen MR) is 265 cm³/mol. The maximum Gasteiger partial charge on any atom is 0.169 e. The topological polar surface area (TPSA) is 274 Å². The van der Waals surface area contributed by atoms with E-state index in [4.69, 9.17) is 47.4 Å². The third-order valence-corrected chi connectivity index (χ3v) is 16.3. The number of ether oxygens (including phenoxy) is 10. The Hall–Kier alpha value is -6.26. The van der Waals surface area contributed by atoms with E-state index < -0.39 is 66.1 Å².